The monoisotopic (exact) mass is 298 g/mol. The molecule has 0 radical (unpaired) electrons. The van der Waals surface area contributed by atoms with E-state index in [-0.39, 0.29) is 11.8 Å². The van der Waals surface area contributed by atoms with Crippen LogP contribution in [0.3, 0.4) is 0 Å². The molecule has 1 unspecified atom stereocenters. The standard InChI is InChI=1S/C17H18N2OS/c18-13-5-4-11-9-19(10-12(11)8-13)17(20)15-2-1-3-16-14(15)6-7-21-16/h4-8,15H,1-3,9-10,18H2. The normalized spacial score (nSPS) is 20.2. The summed E-state index contributed by atoms with van der Waals surface area (Å²) in [6, 6.07) is 8.11. The molecule has 3 nitrogen and oxygen atoms in total. The number of fused-ring (bicyclic) bond motifs is 2. The second-order valence-electron chi connectivity index (χ2n) is 5.97. The van der Waals surface area contributed by atoms with Gasteiger partial charge in [-0.15, -0.1) is 11.3 Å². The molecule has 1 aromatic heterocycles. The van der Waals surface area contributed by atoms with Gasteiger partial charge in [0, 0.05) is 23.7 Å². The summed E-state index contributed by atoms with van der Waals surface area (Å²) < 4.78 is 0. The first kappa shape index (κ1) is 12.9. The Morgan fingerprint density at radius 3 is 3.00 bits per heavy atom. The number of nitrogens with zero attached hydrogens (tertiary/aromatic N) is 1. The highest BCUT2D eigenvalue weighted by Gasteiger charge is 2.33. The van der Waals surface area contributed by atoms with Crippen molar-refractivity contribution in [3.63, 3.8) is 0 Å². The fraction of sp³-hybridized carbons (Fsp3) is 0.353. The van der Waals surface area contributed by atoms with Crippen molar-refractivity contribution < 1.29 is 4.79 Å². The van der Waals surface area contributed by atoms with Crippen molar-refractivity contribution >= 4 is 22.9 Å². The van der Waals surface area contributed by atoms with E-state index in [9.17, 15) is 4.79 Å². The van der Waals surface area contributed by atoms with Crippen LogP contribution in [-0.2, 0) is 24.3 Å². The molecule has 0 spiro atoms. The number of benzene rings is 1. The molecule has 108 valence electrons. The molecule has 2 aliphatic rings. The van der Waals surface area contributed by atoms with Crippen molar-refractivity contribution in [2.45, 2.75) is 38.3 Å². The second-order valence-corrected chi connectivity index (χ2v) is 6.97. The Bertz CT molecular complexity index is 707. The molecular formula is C17H18N2OS. The van der Waals surface area contributed by atoms with E-state index in [1.54, 1.807) is 11.3 Å². The van der Waals surface area contributed by atoms with Crippen LogP contribution in [0.2, 0.25) is 0 Å². The van der Waals surface area contributed by atoms with Crippen LogP contribution in [0, 0.1) is 0 Å². The molecule has 0 saturated heterocycles. The Morgan fingerprint density at radius 1 is 1.24 bits per heavy atom. The molecule has 2 N–H and O–H groups in total. The maximum Gasteiger partial charge on any atom is 0.230 e. The molecule has 2 aromatic rings. The van der Waals surface area contributed by atoms with E-state index in [1.165, 1.54) is 21.6 Å². The molecule has 1 aromatic carbocycles. The highest BCUT2D eigenvalue weighted by atomic mass is 32.1. The summed E-state index contributed by atoms with van der Waals surface area (Å²) in [6.07, 6.45) is 3.24. The summed E-state index contributed by atoms with van der Waals surface area (Å²) in [7, 11) is 0. The quantitative estimate of drug-likeness (QED) is 0.821. The van der Waals surface area contributed by atoms with Gasteiger partial charge in [0.25, 0.3) is 0 Å². The molecule has 1 amide bonds. The summed E-state index contributed by atoms with van der Waals surface area (Å²) >= 11 is 1.79. The number of nitrogens with two attached hydrogens (primary N) is 1. The number of anilines is 1. The van der Waals surface area contributed by atoms with Crippen LogP contribution >= 0.6 is 11.3 Å². The first-order valence-electron chi connectivity index (χ1n) is 7.44. The average molecular weight is 298 g/mol. The third-order valence-corrected chi connectivity index (χ3v) is 5.61. The van der Waals surface area contributed by atoms with Crippen molar-refractivity contribution in [1.29, 1.82) is 0 Å². The van der Waals surface area contributed by atoms with Crippen molar-refractivity contribution in [1.82, 2.24) is 4.90 Å². The van der Waals surface area contributed by atoms with Gasteiger partial charge in [-0.1, -0.05) is 6.07 Å². The Hall–Kier alpha value is -1.81. The summed E-state index contributed by atoms with van der Waals surface area (Å²) in [5, 5.41) is 2.12. The summed E-state index contributed by atoms with van der Waals surface area (Å²) in [5.74, 6) is 0.343. The molecule has 4 heteroatoms. The van der Waals surface area contributed by atoms with Gasteiger partial charge in [-0.05, 0) is 59.5 Å². The van der Waals surface area contributed by atoms with Crippen LogP contribution in [0.15, 0.2) is 29.6 Å². The fourth-order valence-electron chi connectivity index (χ4n) is 3.53. The number of aryl methyl sites for hydroxylation is 1. The highest BCUT2D eigenvalue weighted by molar-refractivity contribution is 7.10. The number of nitrogen functional groups attached to an aromatic ring is 1. The van der Waals surface area contributed by atoms with Gasteiger partial charge in [-0.3, -0.25) is 4.79 Å². The van der Waals surface area contributed by atoms with Crippen LogP contribution in [0.4, 0.5) is 5.69 Å². The Labute approximate surface area is 128 Å². The number of carbonyl (C=O) groups excluding carboxylic acids is 1. The predicted octanol–water partition coefficient (Wildman–Crippen LogP) is 3.29. The lowest BCUT2D eigenvalue weighted by atomic mass is 9.87. The molecule has 1 aliphatic carbocycles. The van der Waals surface area contributed by atoms with E-state index in [1.807, 2.05) is 17.0 Å². The lowest BCUT2D eigenvalue weighted by Crippen LogP contribution is -2.32. The number of amides is 1. The smallest absolute Gasteiger partial charge is 0.230 e. The van der Waals surface area contributed by atoms with Crippen LogP contribution < -0.4 is 5.73 Å². The Kier molecular flexibility index (Phi) is 3.00. The molecule has 2 heterocycles. The highest BCUT2D eigenvalue weighted by Crippen LogP contribution is 2.37. The topological polar surface area (TPSA) is 46.3 Å². The van der Waals surface area contributed by atoms with E-state index >= 15 is 0 Å². The molecule has 0 fully saturated rings. The third-order valence-electron chi connectivity index (χ3n) is 4.61. The first-order valence-corrected chi connectivity index (χ1v) is 8.32. The molecule has 1 aliphatic heterocycles. The van der Waals surface area contributed by atoms with Gasteiger partial charge in [0.2, 0.25) is 5.91 Å². The van der Waals surface area contributed by atoms with E-state index < -0.39 is 0 Å². The Morgan fingerprint density at radius 2 is 2.10 bits per heavy atom. The lowest BCUT2D eigenvalue weighted by molar-refractivity contribution is -0.133. The minimum absolute atomic E-state index is 0.0617. The van der Waals surface area contributed by atoms with Gasteiger partial charge >= 0.3 is 0 Å². The third kappa shape index (κ3) is 2.14. The first-order chi connectivity index (χ1) is 10.2. The molecule has 0 saturated carbocycles. The van der Waals surface area contributed by atoms with Gasteiger partial charge in [0.15, 0.2) is 0 Å². The van der Waals surface area contributed by atoms with Crippen molar-refractivity contribution in [2.24, 2.45) is 0 Å². The molecule has 21 heavy (non-hydrogen) atoms. The van der Waals surface area contributed by atoms with E-state index in [4.69, 9.17) is 5.73 Å². The molecule has 4 rings (SSSR count). The minimum Gasteiger partial charge on any atom is -0.399 e. The van der Waals surface area contributed by atoms with Gasteiger partial charge < -0.3 is 10.6 Å². The molecule has 0 bridgehead atoms. The zero-order valence-corrected chi connectivity index (χ0v) is 12.7. The number of hydrogen-bond acceptors (Lipinski definition) is 3. The van der Waals surface area contributed by atoms with E-state index in [2.05, 4.69) is 17.5 Å². The number of rotatable bonds is 1. The zero-order chi connectivity index (χ0) is 14.4. The van der Waals surface area contributed by atoms with Gasteiger partial charge in [-0.25, -0.2) is 0 Å². The summed E-state index contributed by atoms with van der Waals surface area (Å²) in [5.41, 5.74) is 10.3. The molecular weight excluding hydrogens is 280 g/mol. The average Bonchev–Trinajstić information content (AvgIpc) is 3.11. The van der Waals surface area contributed by atoms with E-state index in [0.29, 0.717) is 6.54 Å². The van der Waals surface area contributed by atoms with Crippen LogP contribution in [0.1, 0.15) is 40.3 Å². The SMILES string of the molecule is Nc1ccc2c(c1)CN(C(=O)C1CCCc3sccc31)C2. The maximum atomic E-state index is 12.9. The summed E-state index contributed by atoms with van der Waals surface area (Å²) in [6.45, 7) is 1.43. The van der Waals surface area contributed by atoms with Crippen molar-refractivity contribution in [3.8, 4) is 0 Å². The van der Waals surface area contributed by atoms with Crippen LogP contribution in [-0.4, -0.2) is 10.8 Å². The largest absolute Gasteiger partial charge is 0.399 e. The van der Waals surface area contributed by atoms with Gasteiger partial charge in [0.1, 0.15) is 0 Å². The van der Waals surface area contributed by atoms with Crippen molar-refractivity contribution in [2.75, 3.05) is 5.73 Å². The predicted molar refractivity (Wildman–Crippen MR) is 85.1 cm³/mol. The van der Waals surface area contributed by atoms with Crippen LogP contribution in [0.5, 0.6) is 0 Å². The summed E-state index contributed by atoms with van der Waals surface area (Å²) in [4.78, 5) is 16.3. The number of thiophene rings is 1. The fourth-order valence-corrected chi connectivity index (χ4v) is 4.52. The minimum atomic E-state index is 0.0617. The second kappa shape index (κ2) is 4.88. The molecule has 1 atom stereocenters. The number of hydrogen-bond donors (Lipinski definition) is 1. The number of carbonyl (C=O) groups is 1. The van der Waals surface area contributed by atoms with Crippen LogP contribution in [0.25, 0.3) is 0 Å². The van der Waals surface area contributed by atoms with Gasteiger partial charge in [0.05, 0.1) is 5.92 Å². The zero-order valence-electron chi connectivity index (χ0n) is 11.8. The van der Waals surface area contributed by atoms with Gasteiger partial charge in [-0.2, -0.15) is 0 Å². The Balaban J connectivity index is 1.58. The maximum absolute atomic E-state index is 12.9. The van der Waals surface area contributed by atoms with E-state index in [0.717, 1.165) is 31.5 Å². The lowest BCUT2D eigenvalue weighted by Gasteiger charge is -2.26. The van der Waals surface area contributed by atoms with Crippen molar-refractivity contribution in [3.05, 3.63) is 51.2 Å².